The van der Waals surface area contributed by atoms with Crippen LogP contribution in [0.25, 0.3) is 0 Å². The molecule has 1 fully saturated rings. The maximum atomic E-state index is 12.0. The van der Waals surface area contributed by atoms with E-state index in [1.165, 1.54) is 6.26 Å². The predicted molar refractivity (Wildman–Crippen MR) is 73.1 cm³/mol. The van der Waals surface area contributed by atoms with Gasteiger partial charge in [0.15, 0.2) is 5.69 Å². The fourth-order valence-electron chi connectivity index (χ4n) is 2.04. The average Bonchev–Trinajstić information content (AvgIpc) is 2.97. The number of hydrogen-bond acceptors (Lipinski definition) is 7. The zero-order valence-electron chi connectivity index (χ0n) is 12.1. The molecule has 0 saturated carbocycles. The van der Waals surface area contributed by atoms with E-state index in [1.54, 1.807) is 11.8 Å². The van der Waals surface area contributed by atoms with Gasteiger partial charge in [0.2, 0.25) is 5.91 Å². The second-order valence-corrected chi connectivity index (χ2v) is 4.41. The summed E-state index contributed by atoms with van der Waals surface area (Å²) in [6, 6.07) is -0.301. The highest BCUT2D eigenvalue weighted by atomic mass is 16.5. The number of amides is 1. The number of morpholine rings is 1. The fourth-order valence-corrected chi connectivity index (χ4v) is 2.04. The summed E-state index contributed by atoms with van der Waals surface area (Å²) in [4.78, 5) is 29.4. The zero-order valence-corrected chi connectivity index (χ0v) is 12.1. The molecular formula is C13H19N3O5. The van der Waals surface area contributed by atoms with Crippen molar-refractivity contribution in [3.8, 4) is 0 Å². The lowest BCUT2D eigenvalue weighted by Gasteiger charge is -2.33. The SMILES string of the molecule is CCNC(=O)C1COCCN1c1nc(C(=O)OCC)co1. The Balaban J connectivity index is 2.14. The lowest BCUT2D eigenvalue weighted by molar-refractivity contribution is -0.124. The number of nitrogens with one attached hydrogen (secondary N) is 1. The highest BCUT2D eigenvalue weighted by Gasteiger charge is 2.32. The van der Waals surface area contributed by atoms with Crippen LogP contribution in [0.1, 0.15) is 24.3 Å². The van der Waals surface area contributed by atoms with Gasteiger partial charge in [0.1, 0.15) is 12.3 Å². The number of likely N-dealkylation sites (N-methyl/N-ethyl adjacent to an activating group) is 1. The number of hydrogen-bond donors (Lipinski definition) is 1. The third-order valence-corrected chi connectivity index (χ3v) is 3.00. The molecule has 1 aromatic rings. The zero-order chi connectivity index (χ0) is 15.2. The van der Waals surface area contributed by atoms with Gasteiger partial charge in [0.05, 0.1) is 19.8 Å². The molecule has 1 atom stereocenters. The van der Waals surface area contributed by atoms with Gasteiger partial charge >= 0.3 is 5.97 Å². The van der Waals surface area contributed by atoms with E-state index in [4.69, 9.17) is 13.9 Å². The van der Waals surface area contributed by atoms with E-state index in [2.05, 4.69) is 10.3 Å². The minimum atomic E-state index is -0.546. The van der Waals surface area contributed by atoms with Crippen LogP contribution in [0.5, 0.6) is 0 Å². The van der Waals surface area contributed by atoms with E-state index in [9.17, 15) is 9.59 Å². The molecule has 21 heavy (non-hydrogen) atoms. The molecular weight excluding hydrogens is 278 g/mol. The van der Waals surface area contributed by atoms with E-state index < -0.39 is 12.0 Å². The van der Waals surface area contributed by atoms with Gasteiger partial charge in [-0.3, -0.25) is 4.79 Å². The minimum Gasteiger partial charge on any atom is -0.461 e. The number of rotatable bonds is 5. The molecule has 0 aromatic carbocycles. The van der Waals surface area contributed by atoms with Gasteiger partial charge in [-0.25, -0.2) is 4.79 Å². The standard InChI is InChI=1S/C13H19N3O5/c1-3-14-11(17)10-8-19-6-5-16(10)13-15-9(7-21-13)12(18)20-4-2/h7,10H,3-6,8H2,1-2H3,(H,14,17). The summed E-state index contributed by atoms with van der Waals surface area (Å²) in [5, 5.41) is 2.74. The van der Waals surface area contributed by atoms with Crippen LogP contribution in [-0.4, -0.2) is 55.8 Å². The van der Waals surface area contributed by atoms with Gasteiger partial charge in [0, 0.05) is 13.1 Å². The molecule has 1 unspecified atom stereocenters. The van der Waals surface area contributed by atoms with Crippen LogP contribution < -0.4 is 10.2 Å². The summed E-state index contributed by atoms with van der Waals surface area (Å²) in [5.74, 6) is -0.705. The third-order valence-electron chi connectivity index (χ3n) is 3.00. The Hall–Kier alpha value is -2.09. The summed E-state index contributed by atoms with van der Waals surface area (Å²) < 4.78 is 15.5. The van der Waals surface area contributed by atoms with Crippen LogP contribution in [0.3, 0.4) is 0 Å². The number of aromatic nitrogens is 1. The highest BCUT2D eigenvalue weighted by molar-refractivity contribution is 5.88. The van der Waals surface area contributed by atoms with Gasteiger partial charge in [-0.15, -0.1) is 0 Å². The smallest absolute Gasteiger partial charge is 0.360 e. The summed E-state index contributed by atoms with van der Waals surface area (Å²) in [6.07, 6.45) is 1.23. The molecule has 1 aromatic heterocycles. The molecule has 8 nitrogen and oxygen atoms in total. The van der Waals surface area contributed by atoms with Crippen molar-refractivity contribution in [1.29, 1.82) is 0 Å². The minimum absolute atomic E-state index is 0.0907. The molecule has 0 spiro atoms. The van der Waals surface area contributed by atoms with Crippen LogP contribution in [0, 0.1) is 0 Å². The number of oxazole rings is 1. The van der Waals surface area contributed by atoms with E-state index in [0.717, 1.165) is 0 Å². The average molecular weight is 297 g/mol. The first-order chi connectivity index (χ1) is 10.2. The second-order valence-electron chi connectivity index (χ2n) is 4.41. The Labute approximate surface area is 122 Å². The first kappa shape index (κ1) is 15.3. The van der Waals surface area contributed by atoms with Crippen molar-refractivity contribution in [3.63, 3.8) is 0 Å². The van der Waals surface area contributed by atoms with Gasteiger partial charge < -0.3 is 24.1 Å². The summed E-state index contributed by atoms with van der Waals surface area (Å²) in [7, 11) is 0. The van der Waals surface area contributed by atoms with E-state index in [-0.39, 0.29) is 30.8 Å². The number of esters is 1. The van der Waals surface area contributed by atoms with Crippen molar-refractivity contribution in [2.45, 2.75) is 19.9 Å². The fraction of sp³-hybridized carbons (Fsp3) is 0.615. The van der Waals surface area contributed by atoms with Crippen molar-refractivity contribution in [2.24, 2.45) is 0 Å². The molecule has 1 aliphatic rings. The van der Waals surface area contributed by atoms with Gasteiger partial charge in [-0.05, 0) is 13.8 Å². The Kier molecular flexibility index (Phi) is 5.15. The van der Waals surface area contributed by atoms with Crippen molar-refractivity contribution in [2.75, 3.05) is 37.8 Å². The van der Waals surface area contributed by atoms with Crippen LogP contribution >= 0.6 is 0 Å². The van der Waals surface area contributed by atoms with Crippen molar-refractivity contribution >= 4 is 17.9 Å². The maximum Gasteiger partial charge on any atom is 0.360 e. The van der Waals surface area contributed by atoms with Crippen LogP contribution in [-0.2, 0) is 14.3 Å². The Bertz CT molecular complexity index is 502. The normalized spacial score (nSPS) is 18.4. The third kappa shape index (κ3) is 3.52. The molecule has 2 heterocycles. The largest absolute Gasteiger partial charge is 0.461 e. The van der Waals surface area contributed by atoms with Gasteiger partial charge in [0.25, 0.3) is 6.01 Å². The second kappa shape index (κ2) is 7.07. The molecule has 1 aliphatic heterocycles. The molecule has 8 heteroatoms. The Morgan fingerprint density at radius 2 is 2.33 bits per heavy atom. The number of carbonyl (C=O) groups excluding carboxylic acids is 2. The predicted octanol–water partition coefficient (Wildman–Crippen LogP) is 0.193. The molecule has 1 saturated heterocycles. The quantitative estimate of drug-likeness (QED) is 0.775. The highest BCUT2D eigenvalue weighted by Crippen LogP contribution is 2.19. The number of carbonyl (C=O) groups is 2. The Morgan fingerprint density at radius 3 is 3.05 bits per heavy atom. The van der Waals surface area contributed by atoms with Crippen molar-refractivity contribution in [1.82, 2.24) is 10.3 Å². The van der Waals surface area contributed by atoms with E-state index >= 15 is 0 Å². The van der Waals surface area contributed by atoms with Gasteiger partial charge in [-0.1, -0.05) is 0 Å². The molecule has 0 radical (unpaired) electrons. The Morgan fingerprint density at radius 1 is 1.52 bits per heavy atom. The van der Waals surface area contributed by atoms with Crippen LogP contribution in [0.4, 0.5) is 6.01 Å². The van der Waals surface area contributed by atoms with Gasteiger partial charge in [-0.2, -0.15) is 4.98 Å². The molecule has 1 N–H and O–H groups in total. The summed E-state index contributed by atoms with van der Waals surface area (Å²) >= 11 is 0. The maximum absolute atomic E-state index is 12.0. The van der Waals surface area contributed by atoms with E-state index in [0.29, 0.717) is 19.7 Å². The molecule has 116 valence electrons. The number of nitrogens with zero attached hydrogens (tertiary/aromatic N) is 2. The molecule has 0 bridgehead atoms. The molecule has 2 rings (SSSR count). The number of anilines is 1. The van der Waals surface area contributed by atoms with Crippen molar-refractivity contribution < 1.29 is 23.5 Å². The molecule has 0 aliphatic carbocycles. The van der Waals surface area contributed by atoms with Crippen LogP contribution in [0.2, 0.25) is 0 Å². The summed E-state index contributed by atoms with van der Waals surface area (Å²) in [5.41, 5.74) is 0.0907. The lowest BCUT2D eigenvalue weighted by Crippen LogP contribution is -2.54. The summed E-state index contributed by atoms with van der Waals surface area (Å²) in [6.45, 7) is 5.53. The first-order valence-corrected chi connectivity index (χ1v) is 6.92. The monoisotopic (exact) mass is 297 g/mol. The first-order valence-electron chi connectivity index (χ1n) is 6.92. The van der Waals surface area contributed by atoms with Crippen LogP contribution in [0.15, 0.2) is 10.7 Å². The lowest BCUT2D eigenvalue weighted by atomic mass is 10.2. The van der Waals surface area contributed by atoms with E-state index in [1.807, 2.05) is 6.92 Å². The van der Waals surface area contributed by atoms with Crippen molar-refractivity contribution in [3.05, 3.63) is 12.0 Å². The molecule has 1 amide bonds. The topological polar surface area (TPSA) is 93.9 Å². The number of ether oxygens (including phenoxy) is 2.